The predicted molar refractivity (Wildman–Crippen MR) is 104 cm³/mol. The Hall–Kier alpha value is -1.36. The van der Waals surface area contributed by atoms with Gasteiger partial charge in [-0.3, -0.25) is 4.90 Å². The zero-order valence-corrected chi connectivity index (χ0v) is 16.3. The molecule has 0 aliphatic rings. The molecule has 0 aliphatic carbocycles. The summed E-state index contributed by atoms with van der Waals surface area (Å²) in [5.74, 6) is 0.888. The maximum absolute atomic E-state index is 5.95. The van der Waals surface area contributed by atoms with Gasteiger partial charge in [0.2, 0.25) is 0 Å². The summed E-state index contributed by atoms with van der Waals surface area (Å²) < 4.78 is 6.36. The van der Waals surface area contributed by atoms with Crippen molar-refractivity contribution in [2.75, 3.05) is 20.2 Å². The molecule has 0 unspecified atom stereocenters. The van der Waals surface area contributed by atoms with E-state index in [9.17, 15) is 0 Å². The zero-order chi connectivity index (χ0) is 17.6. The molecule has 0 aromatic heterocycles. The summed E-state index contributed by atoms with van der Waals surface area (Å²) in [5.41, 5.74) is 8.61. The number of methoxy groups -OCH3 is 1. The Morgan fingerprint density at radius 2 is 1.71 bits per heavy atom. The third-order valence-corrected chi connectivity index (χ3v) is 4.56. The Balaban J connectivity index is 2.14. The minimum absolute atomic E-state index is 0.0818. The molecule has 0 saturated carbocycles. The summed E-state index contributed by atoms with van der Waals surface area (Å²) in [6, 6.07) is 16.8. The highest BCUT2D eigenvalue weighted by Crippen LogP contribution is 2.21. The summed E-state index contributed by atoms with van der Waals surface area (Å²) in [4.78, 5) is 2.45. The Morgan fingerprint density at radius 1 is 1.04 bits per heavy atom. The van der Waals surface area contributed by atoms with Crippen molar-refractivity contribution in [2.45, 2.75) is 26.9 Å². The summed E-state index contributed by atoms with van der Waals surface area (Å²) in [6.07, 6.45) is 0. The normalized spacial score (nSPS) is 11.8. The lowest BCUT2D eigenvalue weighted by atomic mass is 9.92. The van der Waals surface area contributed by atoms with Gasteiger partial charge in [-0.15, -0.1) is 0 Å². The molecule has 0 aliphatic heterocycles. The van der Waals surface area contributed by atoms with Crippen LogP contribution in [-0.4, -0.2) is 25.1 Å². The van der Waals surface area contributed by atoms with Crippen LogP contribution in [0.2, 0.25) is 0 Å². The lowest BCUT2D eigenvalue weighted by molar-refractivity contribution is 0.168. The van der Waals surface area contributed by atoms with Gasteiger partial charge in [0.15, 0.2) is 0 Å². The van der Waals surface area contributed by atoms with E-state index in [4.69, 9.17) is 10.5 Å². The van der Waals surface area contributed by atoms with Gasteiger partial charge < -0.3 is 10.5 Å². The average Bonchev–Trinajstić information content (AvgIpc) is 2.55. The Bertz CT molecular complexity index is 640. The fraction of sp³-hybridized carbons (Fsp3) is 0.400. The first kappa shape index (κ1) is 19.0. The van der Waals surface area contributed by atoms with E-state index in [2.05, 4.69) is 71.1 Å². The molecular weight excluding hydrogens is 364 g/mol. The molecule has 0 saturated heterocycles. The molecule has 0 bridgehead atoms. The second kappa shape index (κ2) is 8.65. The molecule has 0 radical (unpaired) electrons. The maximum Gasteiger partial charge on any atom is 0.118 e. The molecule has 0 spiro atoms. The number of hydrogen-bond acceptors (Lipinski definition) is 3. The lowest BCUT2D eigenvalue weighted by Gasteiger charge is -2.32. The molecule has 0 atom stereocenters. The van der Waals surface area contributed by atoms with E-state index >= 15 is 0 Å². The van der Waals surface area contributed by atoms with Crippen molar-refractivity contribution >= 4 is 15.9 Å². The van der Waals surface area contributed by atoms with E-state index in [1.165, 1.54) is 11.1 Å². The van der Waals surface area contributed by atoms with E-state index in [1.54, 1.807) is 7.11 Å². The highest BCUT2D eigenvalue weighted by molar-refractivity contribution is 9.10. The van der Waals surface area contributed by atoms with Crippen molar-refractivity contribution in [3.63, 3.8) is 0 Å². The van der Waals surface area contributed by atoms with Crippen LogP contribution in [-0.2, 0) is 13.1 Å². The molecular formula is C20H27BrN2O. The van der Waals surface area contributed by atoms with Gasteiger partial charge in [0, 0.05) is 24.1 Å². The van der Waals surface area contributed by atoms with Gasteiger partial charge >= 0.3 is 0 Å². The molecule has 2 aromatic rings. The fourth-order valence-electron chi connectivity index (χ4n) is 2.72. The van der Waals surface area contributed by atoms with E-state index < -0.39 is 0 Å². The van der Waals surface area contributed by atoms with Crippen molar-refractivity contribution in [2.24, 2.45) is 11.1 Å². The number of halogens is 1. The molecule has 2 aromatic carbocycles. The van der Waals surface area contributed by atoms with Crippen LogP contribution in [0.25, 0.3) is 0 Å². The van der Waals surface area contributed by atoms with Gasteiger partial charge in [-0.05, 0) is 47.4 Å². The Kier molecular flexibility index (Phi) is 6.84. The topological polar surface area (TPSA) is 38.5 Å². The number of nitrogens with zero attached hydrogens (tertiary/aromatic N) is 1. The standard InChI is InChI=1S/C20H27BrN2O/c1-20(2,14-22)15-23(13-17-5-4-6-18(21)11-17)12-16-7-9-19(24-3)10-8-16/h4-11H,12-15,22H2,1-3H3. The number of nitrogens with two attached hydrogens (primary N) is 1. The van der Waals surface area contributed by atoms with Crippen LogP contribution in [0.5, 0.6) is 5.75 Å². The summed E-state index contributed by atoms with van der Waals surface area (Å²) in [5, 5.41) is 0. The highest BCUT2D eigenvalue weighted by Gasteiger charge is 2.20. The molecule has 2 N–H and O–H groups in total. The van der Waals surface area contributed by atoms with Crippen molar-refractivity contribution in [3.05, 3.63) is 64.1 Å². The largest absolute Gasteiger partial charge is 0.497 e. The summed E-state index contributed by atoms with van der Waals surface area (Å²) in [6.45, 7) is 7.84. The Labute approximate surface area is 153 Å². The van der Waals surface area contributed by atoms with Crippen molar-refractivity contribution < 1.29 is 4.74 Å². The number of hydrogen-bond donors (Lipinski definition) is 1. The van der Waals surface area contributed by atoms with Crippen LogP contribution in [0.15, 0.2) is 53.0 Å². The molecule has 2 rings (SSSR count). The van der Waals surface area contributed by atoms with Crippen LogP contribution < -0.4 is 10.5 Å². The van der Waals surface area contributed by atoms with Gasteiger partial charge in [-0.2, -0.15) is 0 Å². The minimum Gasteiger partial charge on any atom is -0.497 e. The molecule has 0 fully saturated rings. The smallest absolute Gasteiger partial charge is 0.118 e. The molecule has 24 heavy (non-hydrogen) atoms. The lowest BCUT2D eigenvalue weighted by Crippen LogP contribution is -2.38. The van der Waals surface area contributed by atoms with Crippen LogP contribution in [0.4, 0.5) is 0 Å². The monoisotopic (exact) mass is 390 g/mol. The second-order valence-corrected chi connectivity index (χ2v) is 7.91. The van der Waals surface area contributed by atoms with E-state index in [0.29, 0.717) is 6.54 Å². The number of rotatable bonds is 8. The van der Waals surface area contributed by atoms with E-state index in [-0.39, 0.29) is 5.41 Å². The number of ether oxygens (including phenoxy) is 1. The van der Waals surface area contributed by atoms with Gasteiger partial charge in [0.05, 0.1) is 7.11 Å². The second-order valence-electron chi connectivity index (χ2n) is 6.99. The van der Waals surface area contributed by atoms with E-state index in [0.717, 1.165) is 29.9 Å². The molecule has 0 amide bonds. The number of benzene rings is 2. The molecule has 4 heteroatoms. The van der Waals surface area contributed by atoms with Crippen LogP contribution >= 0.6 is 15.9 Å². The summed E-state index contributed by atoms with van der Waals surface area (Å²) in [7, 11) is 1.69. The van der Waals surface area contributed by atoms with Crippen molar-refractivity contribution in [1.82, 2.24) is 4.90 Å². The first-order chi connectivity index (χ1) is 11.4. The third-order valence-electron chi connectivity index (χ3n) is 4.06. The van der Waals surface area contributed by atoms with Crippen molar-refractivity contribution in [3.8, 4) is 5.75 Å². The van der Waals surface area contributed by atoms with Crippen LogP contribution in [0.3, 0.4) is 0 Å². The Morgan fingerprint density at radius 3 is 2.29 bits per heavy atom. The molecule has 0 heterocycles. The molecule has 130 valence electrons. The first-order valence-corrected chi connectivity index (χ1v) is 9.01. The van der Waals surface area contributed by atoms with Crippen LogP contribution in [0.1, 0.15) is 25.0 Å². The zero-order valence-electron chi connectivity index (χ0n) is 14.8. The quantitative estimate of drug-likeness (QED) is 0.723. The summed E-state index contributed by atoms with van der Waals surface area (Å²) >= 11 is 3.56. The SMILES string of the molecule is COc1ccc(CN(Cc2cccc(Br)c2)CC(C)(C)CN)cc1. The predicted octanol–water partition coefficient (Wildman–Crippen LogP) is 4.44. The maximum atomic E-state index is 5.95. The third kappa shape index (κ3) is 5.93. The van der Waals surface area contributed by atoms with Gasteiger partial charge in [-0.25, -0.2) is 0 Å². The van der Waals surface area contributed by atoms with Gasteiger partial charge in [-0.1, -0.05) is 54.0 Å². The van der Waals surface area contributed by atoms with E-state index in [1.807, 2.05) is 12.1 Å². The first-order valence-electron chi connectivity index (χ1n) is 8.22. The average molecular weight is 391 g/mol. The fourth-order valence-corrected chi connectivity index (χ4v) is 3.17. The molecule has 3 nitrogen and oxygen atoms in total. The van der Waals surface area contributed by atoms with Crippen molar-refractivity contribution in [1.29, 1.82) is 0 Å². The van der Waals surface area contributed by atoms with Crippen LogP contribution in [0, 0.1) is 5.41 Å². The minimum atomic E-state index is 0.0818. The highest BCUT2D eigenvalue weighted by atomic mass is 79.9. The van der Waals surface area contributed by atoms with Gasteiger partial charge in [0.25, 0.3) is 0 Å². The van der Waals surface area contributed by atoms with Gasteiger partial charge in [0.1, 0.15) is 5.75 Å².